The number of carbonyl (C=O) groups is 2. The van der Waals surface area contributed by atoms with E-state index in [0.717, 1.165) is 0 Å². The van der Waals surface area contributed by atoms with Crippen LogP contribution in [-0.4, -0.2) is 62.0 Å². The molecule has 2 amide bonds. The minimum atomic E-state index is -0.0905. The number of nitrogens with zero attached hydrogens (tertiary/aromatic N) is 2. The van der Waals surface area contributed by atoms with E-state index in [4.69, 9.17) is 9.47 Å². The molecule has 120 valence electrons. The van der Waals surface area contributed by atoms with Crippen molar-refractivity contribution in [3.63, 3.8) is 0 Å². The van der Waals surface area contributed by atoms with Crippen molar-refractivity contribution in [2.45, 2.75) is 6.92 Å². The summed E-state index contributed by atoms with van der Waals surface area (Å²) in [4.78, 5) is 27.4. The van der Waals surface area contributed by atoms with Gasteiger partial charge in [0.25, 0.3) is 5.91 Å². The third-order valence-corrected chi connectivity index (χ3v) is 4.49. The van der Waals surface area contributed by atoms with Crippen molar-refractivity contribution in [1.82, 2.24) is 9.80 Å². The Morgan fingerprint density at radius 3 is 1.86 bits per heavy atom. The van der Waals surface area contributed by atoms with Crippen LogP contribution in [0.4, 0.5) is 0 Å². The van der Waals surface area contributed by atoms with Crippen LogP contribution in [-0.2, 0) is 4.79 Å². The Bertz CT molecular complexity index is 558. The Hall–Kier alpha value is -1.76. The molecule has 0 radical (unpaired) electrons. The minimum absolute atomic E-state index is 0.0408. The lowest BCUT2D eigenvalue weighted by Gasteiger charge is -2.34. The summed E-state index contributed by atoms with van der Waals surface area (Å²) in [6.07, 6.45) is 0. The van der Waals surface area contributed by atoms with Gasteiger partial charge in [-0.15, -0.1) is 0 Å². The molecule has 6 nitrogen and oxygen atoms in total. The monoisotopic (exact) mass is 370 g/mol. The lowest BCUT2D eigenvalue weighted by molar-refractivity contribution is -0.130. The molecular weight excluding hydrogens is 352 g/mol. The predicted octanol–water partition coefficient (Wildman–Crippen LogP) is 1.77. The smallest absolute Gasteiger partial charge is 0.254 e. The number of benzene rings is 1. The SMILES string of the molecule is COc1cc(C(=O)N2CCN(C(C)=O)CC2)cc(OC)c1Br. The lowest BCUT2D eigenvalue weighted by atomic mass is 10.1. The first-order chi connectivity index (χ1) is 10.5. The van der Waals surface area contributed by atoms with Gasteiger partial charge in [-0.05, 0) is 28.1 Å². The minimum Gasteiger partial charge on any atom is -0.495 e. The van der Waals surface area contributed by atoms with Crippen LogP contribution < -0.4 is 9.47 Å². The van der Waals surface area contributed by atoms with Gasteiger partial charge < -0.3 is 19.3 Å². The van der Waals surface area contributed by atoms with Gasteiger partial charge >= 0.3 is 0 Å². The number of halogens is 1. The van der Waals surface area contributed by atoms with Crippen LogP contribution in [0.2, 0.25) is 0 Å². The number of piperazine rings is 1. The summed E-state index contributed by atoms with van der Waals surface area (Å²) in [6, 6.07) is 3.37. The third-order valence-electron chi connectivity index (χ3n) is 3.70. The van der Waals surface area contributed by atoms with Crippen LogP contribution in [0.3, 0.4) is 0 Å². The number of methoxy groups -OCH3 is 2. The molecule has 7 heteroatoms. The number of hydrogen-bond donors (Lipinski definition) is 0. The molecule has 0 N–H and O–H groups in total. The summed E-state index contributed by atoms with van der Waals surface area (Å²) in [6.45, 7) is 3.72. The van der Waals surface area contributed by atoms with Crippen molar-refractivity contribution >= 4 is 27.7 Å². The van der Waals surface area contributed by atoms with Crippen LogP contribution in [0, 0.1) is 0 Å². The standard InChI is InChI=1S/C15H19BrN2O4/c1-10(19)17-4-6-18(7-5-17)15(20)11-8-12(21-2)14(16)13(9-11)22-3/h8-9H,4-7H2,1-3H3. The van der Waals surface area contributed by atoms with E-state index in [0.29, 0.717) is 47.7 Å². The fourth-order valence-electron chi connectivity index (χ4n) is 2.40. The van der Waals surface area contributed by atoms with Gasteiger partial charge in [-0.2, -0.15) is 0 Å². The van der Waals surface area contributed by atoms with E-state index in [1.807, 2.05) is 0 Å². The number of hydrogen-bond acceptors (Lipinski definition) is 4. The molecule has 1 saturated heterocycles. The summed E-state index contributed by atoms with van der Waals surface area (Å²) >= 11 is 3.39. The first kappa shape index (κ1) is 16.6. The van der Waals surface area contributed by atoms with Gasteiger partial charge in [-0.3, -0.25) is 9.59 Å². The van der Waals surface area contributed by atoms with Gasteiger partial charge in [0.15, 0.2) is 0 Å². The van der Waals surface area contributed by atoms with Crippen LogP contribution in [0.1, 0.15) is 17.3 Å². The highest BCUT2D eigenvalue weighted by Crippen LogP contribution is 2.36. The first-order valence-electron chi connectivity index (χ1n) is 6.94. The van der Waals surface area contributed by atoms with Crippen LogP contribution >= 0.6 is 15.9 Å². The average molecular weight is 371 g/mol. The molecular formula is C15H19BrN2O4. The third kappa shape index (κ3) is 3.35. The van der Waals surface area contributed by atoms with Crippen LogP contribution in [0.25, 0.3) is 0 Å². The van der Waals surface area contributed by atoms with Gasteiger partial charge in [-0.25, -0.2) is 0 Å². The normalized spacial score (nSPS) is 14.7. The van der Waals surface area contributed by atoms with E-state index >= 15 is 0 Å². The summed E-state index contributed by atoms with van der Waals surface area (Å²) in [5.74, 6) is 1.04. The molecule has 0 aliphatic carbocycles. The maximum atomic E-state index is 12.6. The average Bonchev–Trinajstić information content (AvgIpc) is 2.54. The Kier molecular flexibility index (Phi) is 5.28. The highest BCUT2D eigenvalue weighted by molar-refractivity contribution is 9.10. The van der Waals surface area contributed by atoms with Gasteiger partial charge in [0.2, 0.25) is 5.91 Å². The molecule has 0 saturated carbocycles. The topological polar surface area (TPSA) is 59.1 Å². The van der Waals surface area contributed by atoms with Crippen molar-refractivity contribution in [3.8, 4) is 11.5 Å². The molecule has 0 unspecified atom stereocenters. The van der Waals surface area contributed by atoms with E-state index in [2.05, 4.69) is 15.9 Å². The quantitative estimate of drug-likeness (QED) is 0.813. The highest BCUT2D eigenvalue weighted by atomic mass is 79.9. The second kappa shape index (κ2) is 7.00. The summed E-state index contributed by atoms with van der Waals surface area (Å²) in [7, 11) is 3.08. The fourth-order valence-corrected chi connectivity index (χ4v) is 2.95. The largest absolute Gasteiger partial charge is 0.495 e. The van der Waals surface area contributed by atoms with Crippen molar-refractivity contribution in [3.05, 3.63) is 22.2 Å². The summed E-state index contributed by atoms with van der Waals surface area (Å²) < 4.78 is 11.2. The number of rotatable bonds is 3. The zero-order valence-electron chi connectivity index (χ0n) is 12.9. The second-order valence-electron chi connectivity index (χ2n) is 4.99. The molecule has 1 aromatic rings. The first-order valence-corrected chi connectivity index (χ1v) is 7.73. The van der Waals surface area contributed by atoms with E-state index < -0.39 is 0 Å². The number of ether oxygens (including phenoxy) is 2. The molecule has 22 heavy (non-hydrogen) atoms. The number of carbonyl (C=O) groups excluding carboxylic acids is 2. The van der Waals surface area contributed by atoms with Crippen molar-refractivity contribution < 1.29 is 19.1 Å². The molecule has 1 aromatic carbocycles. The zero-order chi connectivity index (χ0) is 16.3. The van der Waals surface area contributed by atoms with Crippen LogP contribution in [0.5, 0.6) is 11.5 Å². The van der Waals surface area contributed by atoms with Crippen LogP contribution in [0.15, 0.2) is 16.6 Å². The molecule has 1 heterocycles. The molecule has 1 aliphatic rings. The van der Waals surface area contributed by atoms with Crippen molar-refractivity contribution in [2.24, 2.45) is 0 Å². The molecule has 2 rings (SSSR count). The molecule has 1 aliphatic heterocycles. The zero-order valence-corrected chi connectivity index (χ0v) is 14.5. The Morgan fingerprint density at radius 1 is 1.00 bits per heavy atom. The highest BCUT2D eigenvalue weighted by Gasteiger charge is 2.24. The van der Waals surface area contributed by atoms with Gasteiger partial charge in [0, 0.05) is 38.7 Å². The maximum Gasteiger partial charge on any atom is 0.254 e. The number of amides is 2. The van der Waals surface area contributed by atoms with Gasteiger partial charge in [0.05, 0.1) is 14.2 Å². The molecule has 0 spiro atoms. The molecule has 0 aromatic heterocycles. The van der Waals surface area contributed by atoms with E-state index in [9.17, 15) is 9.59 Å². The Labute approximate surface area is 138 Å². The second-order valence-corrected chi connectivity index (χ2v) is 5.79. The van der Waals surface area contributed by atoms with Gasteiger partial charge in [0.1, 0.15) is 16.0 Å². The fraction of sp³-hybridized carbons (Fsp3) is 0.467. The molecule has 1 fully saturated rings. The van der Waals surface area contributed by atoms with Gasteiger partial charge in [-0.1, -0.05) is 0 Å². The van der Waals surface area contributed by atoms with Crippen molar-refractivity contribution in [1.29, 1.82) is 0 Å². The van der Waals surface area contributed by atoms with E-state index in [1.54, 1.807) is 43.1 Å². The Balaban J connectivity index is 2.18. The van der Waals surface area contributed by atoms with Crippen molar-refractivity contribution in [2.75, 3.05) is 40.4 Å². The Morgan fingerprint density at radius 2 is 1.45 bits per heavy atom. The summed E-state index contributed by atoms with van der Waals surface area (Å²) in [5, 5.41) is 0. The summed E-state index contributed by atoms with van der Waals surface area (Å²) in [5.41, 5.74) is 0.508. The van der Waals surface area contributed by atoms with E-state index in [1.165, 1.54) is 0 Å². The predicted molar refractivity (Wildman–Crippen MR) is 85.4 cm³/mol. The molecule has 0 atom stereocenters. The lowest BCUT2D eigenvalue weighted by Crippen LogP contribution is -2.50. The maximum absolute atomic E-state index is 12.6. The van der Waals surface area contributed by atoms with E-state index in [-0.39, 0.29) is 11.8 Å². The molecule has 0 bridgehead atoms.